The van der Waals surface area contributed by atoms with Crippen LogP contribution in [0.3, 0.4) is 0 Å². The molecule has 628 valence electrons. The molecule has 10 heteroatoms. The predicted octanol–water partition coefficient (Wildman–Crippen LogP) is 28.1. The molecule has 10 nitrogen and oxygen atoms in total. The number of anilines is 6. The lowest BCUT2D eigenvalue weighted by molar-refractivity contribution is -0.536. The number of phenolic OH excluding ortho intramolecular Hbond substituents is 2. The maximum absolute atomic E-state index is 15.1. The van der Waals surface area contributed by atoms with Gasteiger partial charge in [-0.1, -0.05) is 169 Å². The fraction of sp³-hybridized carbons (Fsp3) is 0.444. The lowest BCUT2D eigenvalue weighted by atomic mass is 9.63. The Morgan fingerprint density at radius 2 is 0.508 bits per heavy atom. The van der Waals surface area contributed by atoms with Crippen LogP contribution in [-0.2, 0) is 0 Å². The second-order valence-electron chi connectivity index (χ2n) is 34.8. The third-order valence-electron chi connectivity index (χ3n) is 25.7. The van der Waals surface area contributed by atoms with E-state index >= 15 is 10.2 Å². The third kappa shape index (κ3) is 20.5. The number of unbranched alkanes of at least 4 members (excludes halogenated alkanes) is 4. The maximum atomic E-state index is 15.1. The quantitative estimate of drug-likeness (QED) is 0.0383. The number of aromatic hydroxyl groups is 2. The van der Waals surface area contributed by atoms with Gasteiger partial charge in [0.25, 0.3) is 0 Å². The van der Waals surface area contributed by atoms with Crippen molar-refractivity contribution in [2.24, 2.45) is 23.7 Å². The molecule has 0 saturated heterocycles. The normalized spacial score (nSPS) is 15.6. The summed E-state index contributed by atoms with van der Waals surface area (Å²) in [4.78, 5) is 4.37. The van der Waals surface area contributed by atoms with E-state index in [9.17, 15) is 10.2 Å². The van der Waals surface area contributed by atoms with E-state index in [1.165, 1.54) is 77.0 Å². The van der Waals surface area contributed by atoms with Crippen LogP contribution in [0.25, 0.3) is 44.5 Å². The topological polar surface area (TPSA) is 130 Å². The van der Waals surface area contributed by atoms with E-state index in [0.717, 1.165) is 183 Å². The van der Waals surface area contributed by atoms with E-state index in [1.807, 2.05) is 12.1 Å². The van der Waals surface area contributed by atoms with Crippen LogP contribution >= 0.6 is 0 Å². The lowest BCUT2D eigenvalue weighted by Crippen LogP contribution is -2.63. The zero-order valence-electron chi connectivity index (χ0n) is 75.0. The van der Waals surface area contributed by atoms with Gasteiger partial charge in [-0.3, -0.25) is 0 Å². The SMILES string of the molecule is CCCCC(CC)COc1cc(C)c(-c2ccc(N(c3ccc(C4C([O-])C(c5ccc(N(c6ccc(-c7c(C)cc(OCC(CC)CCCC)cc7C)cc6C)c6ccc(-c7c(C)cc(OCC(CC)CCCC)cc7C)cc6C)cc5O)C4[O-])c(O)c3)c3ccc(-c4c(C)cc(OCC(CC)CCCC)cc4C)cc3C)c(C)c2)c(C)c1. The van der Waals surface area contributed by atoms with Gasteiger partial charge in [0.05, 0.1) is 26.4 Å². The molecule has 4 atom stereocenters. The molecule has 0 radical (unpaired) electrons. The fourth-order valence-electron chi connectivity index (χ4n) is 18.7. The summed E-state index contributed by atoms with van der Waals surface area (Å²) in [6.07, 6.45) is 15.6. The van der Waals surface area contributed by atoms with Gasteiger partial charge >= 0.3 is 0 Å². The Morgan fingerprint density at radius 3 is 0.695 bits per heavy atom. The van der Waals surface area contributed by atoms with Crippen molar-refractivity contribution in [3.63, 3.8) is 0 Å². The first-order valence-corrected chi connectivity index (χ1v) is 44.7. The molecule has 1 saturated carbocycles. The summed E-state index contributed by atoms with van der Waals surface area (Å²) in [5, 5.41) is 55.1. The Morgan fingerprint density at radius 1 is 0.288 bits per heavy atom. The van der Waals surface area contributed by atoms with E-state index in [-0.39, 0.29) is 11.5 Å². The molecule has 1 fully saturated rings. The summed E-state index contributed by atoms with van der Waals surface area (Å²) in [6, 6.07) is 54.6. The zero-order valence-corrected chi connectivity index (χ0v) is 75.0. The minimum absolute atomic E-state index is 0.133. The summed E-state index contributed by atoms with van der Waals surface area (Å²) >= 11 is 0. The molecule has 10 aromatic carbocycles. The van der Waals surface area contributed by atoms with Gasteiger partial charge in [-0.15, -0.1) is 12.2 Å². The van der Waals surface area contributed by atoms with Gasteiger partial charge in [0.15, 0.2) is 0 Å². The van der Waals surface area contributed by atoms with Crippen molar-refractivity contribution in [2.75, 3.05) is 36.2 Å². The van der Waals surface area contributed by atoms with Gasteiger partial charge < -0.3 is 49.2 Å². The van der Waals surface area contributed by atoms with Crippen LogP contribution in [0, 0.1) is 107 Å². The molecule has 11 rings (SSSR count). The highest BCUT2D eigenvalue weighted by Gasteiger charge is 2.41. The number of aryl methyl sites for hydroxylation is 12. The molecule has 1 aliphatic rings. The molecule has 0 heterocycles. The number of nitrogens with zero attached hydrogens (tertiary/aromatic N) is 2. The van der Waals surface area contributed by atoms with E-state index < -0.39 is 24.0 Å². The number of ether oxygens (including phenoxy) is 4. The van der Waals surface area contributed by atoms with E-state index in [2.05, 4.69) is 270 Å². The van der Waals surface area contributed by atoms with Crippen LogP contribution in [0.5, 0.6) is 34.5 Å². The molecule has 2 N–H and O–H groups in total. The Labute approximate surface area is 709 Å². The third-order valence-corrected chi connectivity index (χ3v) is 25.7. The Balaban J connectivity index is 0.914. The van der Waals surface area contributed by atoms with Crippen LogP contribution < -0.4 is 39.0 Å². The highest BCUT2D eigenvalue weighted by Crippen LogP contribution is 2.53. The van der Waals surface area contributed by atoms with Crippen LogP contribution in [0.2, 0.25) is 0 Å². The average Bonchev–Trinajstić information content (AvgIpc) is 0.734. The molecule has 10 aromatic rings. The van der Waals surface area contributed by atoms with E-state index in [0.29, 0.717) is 72.6 Å². The Bertz CT molecular complexity index is 4410. The van der Waals surface area contributed by atoms with Crippen molar-refractivity contribution < 1.29 is 39.4 Å². The first-order valence-electron chi connectivity index (χ1n) is 44.7. The summed E-state index contributed by atoms with van der Waals surface area (Å²) in [5.74, 6) is 3.25. The Kier molecular flexibility index (Phi) is 31.0. The highest BCUT2D eigenvalue weighted by molar-refractivity contribution is 5.88. The van der Waals surface area contributed by atoms with E-state index in [1.54, 1.807) is 24.3 Å². The number of benzene rings is 10. The molecule has 118 heavy (non-hydrogen) atoms. The van der Waals surface area contributed by atoms with Gasteiger partial charge in [-0.05, 0) is 376 Å². The Hall–Kier alpha value is -9.48. The summed E-state index contributed by atoms with van der Waals surface area (Å²) < 4.78 is 26.0. The molecule has 4 unspecified atom stereocenters. The minimum Gasteiger partial charge on any atom is -0.851 e. The molecule has 0 aliphatic heterocycles. The van der Waals surface area contributed by atoms with Gasteiger partial charge in [0.2, 0.25) is 0 Å². The van der Waals surface area contributed by atoms with Crippen molar-refractivity contribution in [2.45, 2.75) is 265 Å². The van der Waals surface area contributed by atoms with Gasteiger partial charge in [-0.2, -0.15) is 0 Å². The molecule has 0 aromatic heterocycles. The number of rotatable bonds is 40. The molecule has 0 amide bonds. The summed E-state index contributed by atoms with van der Waals surface area (Å²) in [6.45, 7) is 46.7. The maximum Gasteiger partial charge on any atom is 0.121 e. The van der Waals surface area contributed by atoms with Crippen LogP contribution in [0.1, 0.15) is 248 Å². The fourth-order valence-corrected chi connectivity index (χ4v) is 18.7. The second-order valence-corrected chi connectivity index (χ2v) is 34.8. The lowest BCUT2D eigenvalue weighted by Gasteiger charge is -2.61. The largest absolute Gasteiger partial charge is 0.851 e. The molecular weight excluding hydrogens is 1450 g/mol. The van der Waals surface area contributed by atoms with Gasteiger partial charge in [0, 0.05) is 46.3 Å². The van der Waals surface area contributed by atoms with Gasteiger partial charge in [0.1, 0.15) is 34.5 Å². The van der Waals surface area contributed by atoms with Crippen molar-refractivity contribution >= 4 is 34.1 Å². The van der Waals surface area contributed by atoms with Crippen molar-refractivity contribution in [1.82, 2.24) is 0 Å². The number of hydrogen-bond acceptors (Lipinski definition) is 10. The molecule has 0 bridgehead atoms. The summed E-state index contributed by atoms with van der Waals surface area (Å²) in [5.41, 5.74) is 27.7. The highest BCUT2D eigenvalue weighted by atomic mass is 16.5. The first kappa shape index (κ1) is 89.3. The van der Waals surface area contributed by atoms with Crippen molar-refractivity contribution in [1.29, 1.82) is 0 Å². The smallest absolute Gasteiger partial charge is 0.121 e. The number of hydrogen-bond donors (Lipinski definition) is 2. The monoisotopic (exact) mass is 1590 g/mol. The average molecular weight is 1590 g/mol. The van der Waals surface area contributed by atoms with E-state index in [4.69, 9.17) is 18.9 Å². The minimum atomic E-state index is -1.46. The standard InChI is InChI=1S/C108H136N2O8/c1-21-29-33-79(25-5)63-115-89-53-71(13)101(72(14)54-89)83-37-45-95(67(9)49-83)109(96-46-38-84(50-68(96)10)102-73(15)55-90(56-74(102)16)116-64-80(26-6)34-30-22-2)87-41-43-93(99(111)61-87)105-107(113)106(108(105)114)94-44-42-88(62-100(94)112)110(97-47-39-85(51-69(97)11)103-75(17)57-91(58-76(103)18)117-65-81(27-7)35-31-23-3)98-48-40-86(52-70(98)12)104-77(19)59-92(60-78(104)20)118-66-82(28-8)36-32-24-4/h37-62,79-82,105-108,111-112H,21-36,63-66H2,1-20H3/q-2. The van der Waals surface area contributed by atoms with Crippen LogP contribution in [0.15, 0.2) is 158 Å². The first-order chi connectivity index (χ1) is 56.8. The van der Waals surface area contributed by atoms with Gasteiger partial charge in [-0.25, -0.2) is 0 Å². The van der Waals surface area contributed by atoms with Crippen molar-refractivity contribution in [3.05, 3.63) is 236 Å². The number of phenols is 2. The predicted molar refractivity (Wildman–Crippen MR) is 492 cm³/mol. The second kappa shape index (κ2) is 41.0. The molecule has 0 spiro atoms. The van der Waals surface area contributed by atoms with Crippen LogP contribution in [-0.4, -0.2) is 48.8 Å². The molecular formula is C108H136N2O8-2. The summed E-state index contributed by atoms with van der Waals surface area (Å²) in [7, 11) is 0. The van der Waals surface area contributed by atoms with Crippen LogP contribution in [0.4, 0.5) is 34.1 Å². The van der Waals surface area contributed by atoms with Crippen molar-refractivity contribution in [3.8, 4) is 79.0 Å². The molecule has 1 aliphatic carbocycles. The zero-order chi connectivity index (χ0) is 84.8.